The molecular formula is C19H15ClN4OS. The standard InChI is InChI=1S/C19H15ClN4OS/c1-11-9-12(2)22-18(21-11)25-15-6-4-14(5-7-15)23-19-24-16-8-3-13(20)10-17(16)26-19/h3-10H,1-2H3,(H,23,24). The molecule has 130 valence electrons. The van der Waals surface area contributed by atoms with Crippen molar-refractivity contribution < 1.29 is 4.74 Å². The lowest BCUT2D eigenvalue weighted by Crippen LogP contribution is -1.96. The Balaban J connectivity index is 1.49. The van der Waals surface area contributed by atoms with Gasteiger partial charge in [-0.2, -0.15) is 0 Å². The minimum Gasteiger partial charge on any atom is -0.424 e. The minimum absolute atomic E-state index is 0.353. The lowest BCUT2D eigenvalue weighted by Gasteiger charge is -2.07. The van der Waals surface area contributed by atoms with Gasteiger partial charge in [-0.1, -0.05) is 22.9 Å². The van der Waals surface area contributed by atoms with E-state index in [2.05, 4.69) is 20.3 Å². The molecular weight excluding hydrogens is 368 g/mol. The van der Waals surface area contributed by atoms with Crippen LogP contribution in [0.15, 0.2) is 48.5 Å². The molecule has 0 atom stereocenters. The van der Waals surface area contributed by atoms with Gasteiger partial charge in [-0.3, -0.25) is 0 Å². The van der Waals surface area contributed by atoms with Crippen LogP contribution in [-0.2, 0) is 0 Å². The number of nitrogens with zero attached hydrogens (tertiary/aromatic N) is 3. The number of aryl methyl sites for hydroxylation is 2. The summed E-state index contributed by atoms with van der Waals surface area (Å²) in [7, 11) is 0. The number of halogens is 1. The summed E-state index contributed by atoms with van der Waals surface area (Å²) in [6.07, 6.45) is 0. The molecule has 0 radical (unpaired) electrons. The fourth-order valence-corrected chi connectivity index (χ4v) is 3.69. The molecule has 1 N–H and O–H groups in total. The maximum absolute atomic E-state index is 6.03. The molecule has 26 heavy (non-hydrogen) atoms. The molecule has 0 saturated carbocycles. The highest BCUT2D eigenvalue weighted by Gasteiger charge is 2.06. The lowest BCUT2D eigenvalue weighted by atomic mass is 10.3. The van der Waals surface area contributed by atoms with Crippen LogP contribution in [0.3, 0.4) is 0 Å². The van der Waals surface area contributed by atoms with Crippen LogP contribution in [0.4, 0.5) is 10.8 Å². The molecule has 0 spiro atoms. The number of thiazole rings is 1. The molecule has 0 saturated heterocycles. The summed E-state index contributed by atoms with van der Waals surface area (Å²) in [5.41, 5.74) is 3.60. The van der Waals surface area contributed by atoms with Crippen molar-refractivity contribution in [3.05, 3.63) is 64.9 Å². The number of anilines is 2. The van der Waals surface area contributed by atoms with Gasteiger partial charge in [0.2, 0.25) is 0 Å². The van der Waals surface area contributed by atoms with E-state index in [1.165, 1.54) is 0 Å². The van der Waals surface area contributed by atoms with Crippen molar-refractivity contribution >= 4 is 44.0 Å². The molecule has 2 aromatic heterocycles. The van der Waals surface area contributed by atoms with Gasteiger partial charge < -0.3 is 10.1 Å². The quantitative estimate of drug-likeness (QED) is 0.476. The van der Waals surface area contributed by atoms with E-state index in [-0.39, 0.29) is 0 Å². The van der Waals surface area contributed by atoms with Crippen molar-refractivity contribution in [3.8, 4) is 11.8 Å². The van der Waals surface area contributed by atoms with Gasteiger partial charge in [-0.15, -0.1) is 0 Å². The summed E-state index contributed by atoms with van der Waals surface area (Å²) in [6.45, 7) is 3.83. The van der Waals surface area contributed by atoms with Crippen molar-refractivity contribution in [2.75, 3.05) is 5.32 Å². The van der Waals surface area contributed by atoms with E-state index in [0.717, 1.165) is 32.4 Å². The summed E-state index contributed by atoms with van der Waals surface area (Å²) in [5, 5.41) is 4.82. The van der Waals surface area contributed by atoms with Gasteiger partial charge >= 0.3 is 6.01 Å². The van der Waals surface area contributed by atoms with Gasteiger partial charge in [-0.25, -0.2) is 15.0 Å². The van der Waals surface area contributed by atoms with Crippen molar-refractivity contribution in [2.45, 2.75) is 13.8 Å². The number of hydrogen-bond acceptors (Lipinski definition) is 6. The first-order chi connectivity index (χ1) is 12.5. The molecule has 5 nitrogen and oxygen atoms in total. The van der Waals surface area contributed by atoms with Crippen LogP contribution in [-0.4, -0.2) is 15.0 Å². The van der Waals surface area contributed by atoms with E-state index < -0.39 is 0 Å². The second-order valence-electron chi connectivity index (χ2n) is 5.82. The monoisotopic (exact) mass is 382 g/mol. The van der Waals surface area contributed by atoms with Gasteiger partial charge in [0.15, 0.2) is 5.13 Å². The van der Waals surface area contributed by atoms with Gasteiger partial charge in [-0.05, 0) is 62.4 Å². The number of rotatable bonds is 4. The first-order valence-electron chi connectivity index (χ1n) is 7.98. The molecule has 4 rings (SSSR count). The third-order valence-corrected chi connectivity index (χ3v) is 4.80. The highest BCUT2D eigenvalue weighted by molar-refractivity contribution is 7.22. The molecule has 4 aromatic rings. The molecule has 0 bridgehead atoms. The van der Waals surface area contributed by atoms with Crippen LogP contribution in [0, 0.1) is 13.8 Å². The number of hydrogen-bond donors (Lipinski definition) is 1. The predicted molar refractivity (Wildman–Crippen MR) is 106 cm³/mol. The largest absolute Gasteiger partial charge is 0.424 e. The van der Waals surface area contributed by atoms with Crippen molar-refractivity contribution in [1.82, 2.24) is 15.0 Å². The normalized spacial score (nSPS) is 10.9. The van der Waals surface area contributed by atoms with Crippen LogP contribution < -0.4 is 10.1 Å². The zero-order valence-corrected chi connectivity index (χ0v) is 15.7. The predicted octanol–water partition coefficient (Wildman–Crippen LogP) is 5.89. The van der Waals surface area contributed by atoms with Crippen LogP contribution in [0.1, 0.15) is 11.4 Å². The van der Waals surface area contributed by atoms with Crippen LogP contribution in [0.5, 0.6) is 11.8 Å². The Hall–Kier alpha value is -2.70. The molecule has 0 aliphatic rings. The smallest absolute Gasteiger partial charge is 0.322 e. The molecule has 0 fully saturated rings. The summed E-state index contributed by atoms with van der Waals surface area (Å²) in [5.74, 6) is 0.677. The molecule has 2 aromatic carbocycles. The zero-order chi connectivity index (χ0) is 18.1. The third kappa shape index (κ3) is 3.76. The topological polar surface area (TPSA) is 59.9 Å². The molecule has 0 amide bonds. The highest BCUT2D eigenvalue weighted by Crippen LogP contribution is 2.31. The first kappa shape index (κ1) is 16.8. The van der Waals surface area contributed by atoms with Crippen LogP contribution >= 0.6 is 22.9 Å². The average Bonchev–Trinajstić information content (AvgIpc) is 2.97. The summed E-state index contributed by atoms with van der Waals surface area (Å²) < 4.78 is 6.78. The van der Waals surface area contributed by atoms with E-state index >= 15 is 0 Å². The van der Waals surface area contributed by atoms with E-state index in [9.17, 15) is 0 Å². The number of nitrogens with one attached hydrogen (secondary N) is 1. The SMILES string of the molecule is Cc1cc(C)nc(Oc2ccc(Nc3nc4ccc(Cl)cc4s3)cc2)n1. The maximum atomic E-state index is 6.03. The second kappa shape index (κ2) is 6.90. The first-order valence-corrected chi connectivity index (χ1v) is 9.18. The Morgan fingerprint density at radius 1 is 0.923 bits per heavy atom. The minimum atomic E-state index is 0.353. The zero-order valence-electron chi connectivity index (χ0n) is 14.2. The van der Waals surface area contributed by atoms with Gasteiger partial charge in [0.05, 0.1) is 10.2 Å². The van der Waals surface area contributed by atoms with Gasteiger partial charge in [0, 0.05) is 22.1 Å². The van der Waals surface area contributed by atoms with E-state index in [4.69, 9.17) is 16.3 Å². The Labute approximate surface area is 159 Å². The van der Waals surface area contributed by atoms with Gasteiger partial charge in [0.25, 0.3) is 0 Å². The molecule has 0 aliphatic carbocycles. The fraction of sp³-hybridized carbons (Fsp3) is 0.105. The molecule has 2 heterocycles. The number of ether oxygens (including phenoxy) is 1. The lowest BCUT2D eigenvalue weighted by molar-refractivity contribution is 0.439. The van der Waals surface area contributed by atoms with Crippen LogP contribution in [0.2, 0.25) is 5.02 Å². The van der Waals surface area contributed by atoms with Crippen molar-refractivity contribution in [3.63, 3.8) is 0 Å². The maximum Gasteiger partial charge on any atom is 0.322 e. The van der Waals surface area contributed by atoms with Crippen molar-refractivity contribution in [2.24, 2.45) is 0 Å². The van der Waals surface area contributed by atoms with E-state index in [0.29, 0.717) is 16.8 Å². The molecule has 0 unspecified atom stereocenters. The molecule has 0 aliphatic heterocycles. The molecule has 7 heteroatoms. The highest BCUT2D eigenvalue weighted by atomic mass is 35.5. The Kier molecular flexibility index (Phi) is 4.44. The number of fused-ring (bicyclic) bond motifs is 1. The summed E-state index contributed by atoms with van der Waals surface area (Å²) in [4.78, 5) is 13.1. The Bertz CT molecular complexity index is 1060. The number of aromatic nitrogens is 3. The number of benzene rings is 2. The summed E-state index contributed by atoms with van der Waals surface area (Å²) in [6, 6.07) is 15.5. The van der Waals surface area contributed by atoms with Crippen LogP contribution in [0.25, 0.3) is 10.2 Å². The van der Waals surface area contributed by atoms with E-state index in [1.54, 1.807) is 11.3 Å². The fourth-order valence-electron chi connectivity index (χ4n) is 2.53. The Morgan fingerprint density at radius 2 is 1.65 bits per heavy atom. The van der Waals surface area contributed by atoms with E-state index in [1.807, 2.05) is 62.4 Å². The third-order valence-electron chi connectivity index (χ3n) is 3.63. The van der Waals surface area contributed by atoms with Crippen molar-refractivity contribution in [1.29, 1.82) is 0 Å². The average molecular weight is 383 g/mol. The van der Waals surface area contributed by atoms with Gasteiger partial charge in [0.1, 0.15) is 5.75 Å². The summed E-state index contributed by atoms with van der Waals surface area (Å²) >= 11 is 7.58. The Morgan fingerprint density at radius 3 is 2.38 bits per heavy atom. The second-order valence-corrected chi connectivity index (χ2v) is 7.28.